The Morgan fingerprint density at radius 1 is 1.59 bits per heavy atom. The maximum Gasteiger partial charge on any atom is 0.277 e. The Morgan fingerprint density at radius 2 is 2.41 bits per heavy atom. The van der Waals surface area contributed by atoms with Crippen LogP contribution in [-0.2, 0) is 6.54 Å². The van der Waals surface area contributed by atoms with Gasteiger partial charge in [0, 0.05) is 18.9 Å². The highest BCUT2D eigenvalue weighted by atomic mass is 79.9. The molecule has 6 heteroatoms. The SMILES string of the molecule is CCn1cc(Br)c(C(=O)Nc2cccnc2)n1. The molecule has 0 saturated heterocycles. The van der Waals surface area contributed by atoms with Gasteiger partial charge in [-0.3, -0.25) is 14.5 Å². The maximum atomic E-state index is 11.9. The van der Waals surface area contributed by atoms with Gasteiger partial charge in [0.1, 0.15) is 0 Å². The minimum Gasteiger partial charge on any atom is -0.319 e. The standard InChI is InChI=1S/C11H11BrN4O/c1-2-16-7-9(12)10(15-16)11(17)14-8-4-3-5-13-6-8/h3-7H,2H2,1H3,(H,14,17). The van der Waals surface area contributed by atoms with Gasteiger partial charge < -0.3 is 5.32 Å². The first-order chi connectivity index (χ1) is 8.20. The van der Waals surface area contributed by atoms with E-state index in [0.29, 0.717) is 15.9 Å². The van der Waals surface area contributed by atoms with E-state index in [0.717, 1.165) is 6.54 Å². The Labute approximate surface area is 107 Å². The average molecular weight is 295 g/mol. The third kappa shape index (κ3) is 2.71. The second-order valence-electron chi connectivity index (χ2n) is 3.38. The third-order valence-electron chi connectivity index (χ3n) is 2.18. The van der Waals surface area contributed by atoms with Crippen LogP contribution in [0.4, 0.5) is 5.69 Å². The zero-order valence-corrected chi connectivity index (χ0v) is 10.8. The summed E-state index contributed by atoms with van der Waals surface area (Å²) in [5, 5.41) is 6.89. The van der Waals surface area contributed by atoms with Gasteiger partial charge in [-0.15, -0.1) is 0 Å². The fourth-order valence-electron chi connectivity index (χ4n) is 1.34. The highest BCUT2D eigenvalue weighted by Gasteiger charge is 2.14. The molecule has 0 spiro atoms. The van der Waals surface area contributed by atoms with Crippen LogP contribution in [0.25, 0.3) is 0 Å². The third-order valence-corrected chi connectivity index (χ3v) is 2.76. The predicted molar refractivity (Wildman–Crippen MR) is 67.8 cm³/mol. The van der Waals surface area contributed by atoms with Gasteiger partial charge in [-0.1, -0.05) is 0 Å². The molecule has 0 saturated carbocycles. The fraction of sp³-hybridized carbons (Fsp3) is 0.182. The number of amides is 1. The van der Waals surface area contributed by atoms with E-state index >= 15 is 0 Å². The lowest BCUT2D eigenvalue weighted by molar-refractivity contribution is 0.102. The van der Waals surface area contributed by atoms with Crippen molar-refractivity contribution in [3.8, 4) is 0 Å². The van der Waals surface area contributed by atoms with Crippen molar-refractivity contribution in [3.05, 3.63) is 40.9 Å². The molecule has 2 aromatic heterocycles. The second-order valence-corrected chi connectivity index (χ2v) is 4.23. The number of hydrogen-bond acceptors (Lipinski definition) is 3. The zero-order chi connectivity index (χ0) is 12.3. The highest BCUT2D eigenvalue weighted by Crippen LogP contribution is 2.16. The predicted octanol–water partition coefficient (Wildman–Crippen LogP) is 2.31. The lowest BCUT2D eigenvalue weighted by Crippen LogP contribution is -2.13. The van der Waals surface area contributed by atoms with Gasteiger partial charge in [0.15, 0.2) is 5.69 Å². The van der Waals surface area contributed by atoms with Crippen molar-refractivity contribution in [2.75, 3.05) is 5.32 Å². The molecule has 5 nitrogen and oxygen atoms in total. The van der Waals surface area contributed by atoms with Gasteiger partial charge >= 0.3 is 0 Å². The molecule has 0 aliphatic rings. The number of nitrogens with one attached hydrogen (secondary N) is 1. The molecular weight excluding hydrogens is 284 g/mol. The molecule has 0 aromatic carbocycles. The number of carbonyl (C=O) groups excluding carboxylic acids is 1. The summed E-state index contributed by atoms with van der Waals surface area (Å²) in [7, 11) is 0. The normalized spacial score (nSPS) is 10.2. The second kappa shape index (κ2) is 5.09. The minimum absolute atomic E-state index is 0.253. The van der Waals surface area contributed by atoms with Crippen molar-refractivity contribution < 1.29 is 4.79 Å². The van der Waals surface area contributed by atoms with Crippen LogP contribution in [0.1, 0.15) is 17.4 Å². The first kappa shape index (κ1) is 11.8. The molecule has 2 rings (SSSR count). The summed E-state index contributed by atoms with van der Waals surface area (Å²) < 4.78 is 2.38. The van der Waals surface area contributed by atoms with Crippen molar-refractivity contribution >= 4 is 27.5 Å². The van der Waals surface area contributed by atoms with E-state index in [-0.39, 0.29) is 5.91 Å². The van der Waals surface area contributed by atoms with Crippen LogP contribution in [0.5, 0.6) is 0 Å². The summed E-state index contributed by atoms with van der Waals surface area (Å²) in [6.07, 6.45) is 5.01. The molecule has 0 fully saturated rings. The van der Waals surface area contributed by atoms with E-state index in [4.69, 9.17) is 0 Å². The number of rotatable bonds is 3. The largest absolute Gasteiger partial charge is 0.319 e. The molecule has 0 aliphatic heterocycles. The number of pyridine rings is 1. The van der Waals surface area contributed by atoms with Gasteiger partial charge in [-0.05, 0) is 35.0 Å². The van der Waals surface area contributed by atoms with Gasteiger partial charge in [-0.25, -0.2) is 0 Å². The number of hydrogen-bond donors (Lipinski definition) is 1. The molecule has 17 heavy (non-hydrogen) atoms. The molecule has 1 amide bonds. The average Bonchev–Trinajstić information content (AvgIpc) is 2.72. The first-order valence-electron chi connectivity index (χ1n) is 5.15. The van der Waals surface area contributed by atoms with Crippen LogP contribution in [0.2, 0.25) is 0 Å². The molecule has 0 aliphatic carbocycles. The Balaban J connectivity index is 2.17. The first-order valence-corrected chi connectivity index (χ1v) is 5.94. The Bertz CT molecular complexity index is 524. The Morgan fingerprint density at radius 3 is 3.00 bits per heavy atom. The lowest BCUT2D eigenvalue weighted by Gasteiger charge is -2.02. The highest BCUT2D eigenvalue weighted by molar-refractivity contribution is 9.10. The summed E-state index contributed by atoms with van der Waals surface area (Å²) >= 11 is 3.31. The van der Waals surface area contributed by atoms with E-state index in [1.54, 1.807) is 35.4 Å². The van der Waals surface area contributed by atoms with Crippen LogP contribution >= 0.6 is 15.9 Å². The van der Waals surface area contributed by atoms with E-state index in [9.17, 15) is 4.79 Å². The molecule has 0 unspecified atom stereocenters. The molecule has 2 heterocycles. The molecular formula is C11H11BrN4O. The summed E-state index contributed by atoms with van der Waals surface area (Å²) in [5.41, 5.74) is 1.02. The smallest absolute Gasteiger partial charge is 0.277 e. The number of aromatic nitrogens is 3. The Hall–Kier alpha value is -1.69. The molecule has 0 bridgehead atoms. The zero-order valence-electron chi connectivity index (χ0n) is 9.22. The van der Waals surface area contributed by atoms with Crippen LogP contribution in [-0.4, -0.2) is 20.7 Å². The molecule has 88 valence electrons. The van der Waals surface area contributed by atoms with Crippen LogP contribution in [0, 0.1) is 0 Å². The van der Waals surface area contributed by atoms with Crippen LogP contribution in [0.3, 0.4) is 0 Å². The molecule has 2 aromatic rings. The number of halogens is 1. The summed E-state index contributed by atoms with van der Waals surface area (Å²) in [4.78, 5) is 15.8. The van der Waals surface area contributed by atoms with Crippen molar-refractivity contribution in [2.45, 2.75) is 13.5 Å². The van der Waals surface area contributed by atoms with Crippen molar-refractivity contribution in [2.24, 2.45) is 0 Å². The monoisotopic (exact) mass is 294 g/mol. The lowest BCUT2D eigenvalue weighted by atomic mass is 10.3. The van der Waals surface area contributed by atoms with Crippen LogP contribution in [0.15, 0.2) is 35.2 Å². The van der Waals surface area contributed by atoms with E-state index in [1.165, 1.54) is 0 Å². The fourth-order valence-corrected chi connectivity index (χ4v) is 1.84. The molecule has 0 atom stereocenters. The van der Waals surface area contributed by atoms with Gasteiger partial charge in [0.25, 0.3) is 5.91 Å². The van der Waals surface area contributed by atoms with Crippen molar-refractivity contribution in [1.29, 1.82) is 0 Å². The summed E-state index contributed by atoms with van der Waals surface area (Å²) in [6, 6.07) is 3.53. The minimum atomic E-state index is -0.253. The number of aryl methyl sites for hydroxylation is 1. The molecule has 1 N–H and O–H groups in total. The molecule has 0 radical (unpaired) electrons. The number of nitrogens with zero attached hydrogens (tertiary/aromatic N) is 3. The van der Waals surface area contributed by atoms with E-state index in [2.05, 4.69) is 31.3 Å². The van der Waals surface area contributed by atoms with E-state index < -0.39 is 0 Å². The Kier molecular flexibility index (Phi) is 3.53. The van der Waals surface area contributed by atoms with Crippen molar-refractivity contribution in [1.82, 2.24) is 14.8 Å². The topological polar surface area (TPSA) is 59.8 Å². The maximum absolute atomic E-state index is 11.9. The van der Waals surface area contributed by atoms with Gasteiger partial charge in [0.05, 0.1) is 16.4 Å². The van der Waals surface area contributed by atoms with Crippen molar-refractivity contribution in [3.63, 3.8) is 0 Å². The quantitative estimate of drug-likeness (QED) is 0.945. The van der Waals surface area contributed by atoms with Crippen LogP contribution < -0.4 is 5.32 Å². The number of anilines is 1. The summed E-state index contributed by atoms with van der Waals surface area (Å²) in [6.45, 7) is 2.68. The number of carbonyl (C=O) groups is 1. The van der Waals surface area contributed by atoms with E-state index in [1.807, 2.05) is 6.92 Å². The summed E-state index contributed by atoms with van der Waals surface area (Å²) in [5.74, 6) is -0.253. The van der Waals surface area contributed by atoms with Gasteiger partial charge in [-0.2, -0.15) is 5.10 Å². The van der Waals surface area contributed by atoms with Gasteiger partial charge in [0.2, 0.25) is 0 Å².